The smallest absolute Gasteiger partial charge is 0.279 e. The average Bonchev–Trinajstić information content (AvgIpc) is 2.60. The van der Waals surface area contributed by atoms with E-state index in [0.717, 1.165) is 21.3 Å². The molecule has 0 bridgehead atoms. The van der Waals surface area contributed by atoms with Crippen molar-refractivity contribution in [2.24, 2.45) is 0 Å². The van der Waals surface area contributed by atoms with Gasteiger partial charge < -0.3 is 10.1 Å². The summed E-state index contributed by atoms with van der Waals surface area (Å²) in [5.41, 5.74) is 7.82. The molecular formula is C19H22BrN3O3. The molecule has 0 aliphatic rings. The Bertz CT molecular complexity index is 778. The van der Waals surface area contributed by atoms with E-state index >= 15 is 0 Å². The zero-order valence-corrected chi connectivity index (χ0v) is 16.5. The van der Waals surface area contributed by atoms with Crippen LogP contribution in [0.3, 0.4) is 0 Å². The Labute approximate surface area is 161 Å². The number of halogens is 1. The summed E-state index contributed by atoms with van der Waals surface area (Å²) in [6.45, 7) is 5.64. The van der Waals surface area contributed by atoms with Gasteiger partial charge in [-0.1, -0.05) is 33.6 Å². The van der Waals surface area contributed by atoms with E-state index in [2.05, 4.69) is 32.1 Å². The van der Waals surface area contributed by atoms with E-state index < -0.39 is 12.0 Å². The number of carbonyl (C=O) groups is 2. The molecule has 0 heterocycles. The summed E-state index contributed by atoms with van der Waals surface area (Å²) >= 11 is 3.33. The summed E-state index contributed by atoms with van der Waals surface area (Å²) < 4.78 is 6.44. The molecule has 0 fully saturated rings. The van der Waals surface area contributed by atoms with Crippen LogP contribution in [-0.4, -0.2) is 24.5 Å². The third-order valence-corrected chi connectivity index (χ3v) is 4.17. The van der Waals surface area contributed by atoms with Crippen molar-refractivity contribution in [1.29, 1.82) is 0 Å². The Kier molecular flexibility index (Phi) is 7.03. The third kappa shape index (κ3) is 6.07. The van der Waals surface area contributed by atoms with Crippen LogP contribution in [0.2, 0.25) is 0 Å². The summed E-state index contributed by atoms with van der Waals surface area (Å²) in [5, 5.41) is 3.04. The maximum Gasteiger partial charge on any atom is 0.279 e. The van der Waals surface area contributed by atoms with E-state index in [-0.39, 0.29) is 12.5 Å². The largest absolute Gasteiger partial charge is 0.481 e. The SMILES string of the molecule is Cc1ccc(NCC(=O)NNC(=O)[C@H](C)Oc2ccc(Br)cc2)c(C)c1. The molecular weight excluding hydrogens is 398 g/mol. The summed E-state index contributed by atoms with van der Waals surface area (Å²) in [6, 6.07) is 13.1. The molecule has 138 valence electrons. The number of anilines is 1. The lowest BCUT2D eigenvalue weighted by Crippen LogP contribution is -2.48. The van der Waals surface area contributed by atoms with E-state index in [9.17, 15) is 9.59 Å². The standard InChI is InChI=1S/C19H22BrN3O3/c1-12-4-9-17(13(2)10-12)21-11-18(24)22-23-19(25)14(3)26-16-7-5-15(20)6-8-16/h4-10,14,21H,11H2,1-3H3,(H,22,24)(H,23,25)/t14-/m0/s1. The van der Waals surface area contributed by atoms with Gasteiger partial charge in [0.2, 0.25) is 0 Å². The number of nitrogens with one attached hydrogen (secondary N) is 3. The van der Waals surface area contributed by atoms with Crippen molar-refractivity contribution in [2.75, 3.05) is 11.9 Å². The van der Waals surface area contributed by atoms with E-state index in [1.807, 2.05) is 44.2 Å². The van der Waals surface area contributed by atoms with Gasteiger partial charge in [-0.3, -0.25) is 20.4 Å². The molecule has 1 atom stereocenters. The van der Waals surface area contributed by atoms with Gasteiger partial charge in [-0.2, -0.15) is 0 Å². The molecule has 0 aliphatic heterocycles. The Morgan fingerprint density at radius 2 is 1.77 bits per heavy atom. The van der Waals surface area contributed by atoms with Crippen LogP contribution in [0, 0.1) is 13.8 Å². The van der Waals surface area contributed by atoms with Gasteiger partial charge in [0.15, 0.2) is 6.10 Å². The van der Waals surface area contributed by atoms with E-state index in [1.54, 1.807) is 19.1 Å². The molecule has 6 nitrogen and oxygen atoms in total. The van der Waals surface area contributed by atoms with Crippen LogP contribution in [0.25, 0.3) is 0 Å². The molecule has 2 aromatic rings. The minimum Gasteiger partial charge on any atom is -0.481 e. The molecule has 7 heteroatoms. The fourth-order valence-corrected chi connectivity index (χ4v) is 2.50. The second-order valence-corrected chi connectivity index (χ2v) is 6.84. The minimum absolute atomic E-state index is 0.0477. The van der Waals surface area contributed by atoms with Crippen molar-refractivity contribution in [3.8, 4) is 5.75 Å². The summed E-state index contributed by atoms with van der Waals surface area (Å²) in [4.78, 5) is 23.9. The molecule has 2 amide bonds. The van der Waals surface area contributed by atoms with E-state index in [4.69, 9.17) is 4.74 Å². The van der Waals surface area contributed by atoms with Crippen LogP contribution in [0.5, 0.6) is 5.75 Å². The molecule has 0 aromatic heterocycles. The molecule has 0 saturated carbocycles. The lowest BCUT2D eigenvalue weighted by atomic mass is 10.1. The number of hydrogen-bond donors (Lipinski definition) is 3. The summed E-state index contributed by atoms with van der Waals surface area (Å²) in [6.07, 6.45) is -0.747. The molecule has 3 N–H and O–H groups in total. The maximum absolute atomic E-state index is 12.0. The van der Waals surface area contributed by atoms with Gasteiger partial charge in [0.05, 0.1) is 6.54 Å². The lowest BCUT2D eigenvalue weighted by Gasteiger charge is -2.15. The summed E-state index contributed by atoms with van der Waals surface area (Å²) in [5.74, 6) is -0.222. The predicted molar refractivity (Wildman–Crippen MR) is 105 cm³/mol. The number of benzene rings is 2. The fourth-order valence-electron chi connectivity index (χ4n) is 2.24. The van der Waals surface area contributed by atoms with Gasteiger partial charge in [-0.05, 0) is 56.7 Å². The Balaban J connectivity index is 1.75. The number of hydrogen-bond acceptors (Lipinski definition) is 4. The molecule has 0 unspecified atom stereocenters. The maximum atomic E-state index is 12.0. The first kappa shape index (κ1) is 19.8. The lowest BCUT2D eigenvalue weighted by molar-refractivity contribution is -0.132. The van der Waals surface area contributed by atoms with Crippen molar-refractivity contribution >= 4 is 33.4 Å². The fraction of sp³-hybridized carbons (Fsp3) is 0.263. The van der Waals surface area contributed by atoms with Crippen molar-refractivity contribution < 1.29 is 14.3 Å². The van der Waals surface area contributed by atoms with Crippen molar-refractivity contribution in [1.82, 2.24) is 10.9 Å². The highest BCUT2D eigenvalue weighted by Crippen LogP contribution is 2.17. The van der Waals surface area contributed by atoms with E-state index in [0.29, 0.717) is 5.75 Å². The van der Waals surface area contributed by atoms with Crippen LogP contribution < -0.4 is 20.9 Å². The first-order valence-electron chi connectivity index (χ1n) is 8.17. The average molecular weight is 420 g/mol. The highest BCUT2D eigenvalue weighted by Gasteiger charge is 2.15. The Morgan fingerprint density at radius 1 is 1.08 bits per heavy atom. The van der Waals surface area contributed by atoms with Gasteiger partial charge in [-0.25, -0.2) is 0 Å². The number of ether oxygens (including phenoxy) is 1. The van der Waals surface area contributed by atoms with Crippen molar-refractivity contribution in [3.63, 3.8) is 0 Å². The van der Waals surface area contributed by atoms with Crippen LogP contribution >= 0.6 is 15.9 Å². The molecule has 2 aromatic carbocycles. The monoisotopic (exact) mass is 419 g/mol. The quantitative estimate of drug-likeness (QED) is 0.628. The second kappa shape index (κ2) is 9.24. The predicted octanol–water partition coefficient (Wildman–Crippen LogP) is 3.09. The molecule has 0 spiro atoms. The highest BCUT2D eigenvalue weighted by molar-refractivity contribution is 9.10. The van der Waals surface area contributed by atoms with Crippen LogP contribution in [-0.2, 0) is 9.59 Å². The zero-order valence-electron chi connectivity index (χ0n) is 14.9. The molecule has 0 saturated heterocycles. The third-order valence-electron chi connectivity index (χ3n) is 3.64. The van der Waals surface area contributed by atoms with Gasteiger partial charge in [0, 0.05) is 10.2 Å². The van der Waals surface area contributed by atoms with Gasteiger partial charge in [0.1, 0.15) is 5.75 Å². The number of aryl methyl sites for hydroxylation is 2. The highest BCUT2D eigenvalue weighted by atomic mass is 79.9. The van der Waals surface area contributed by atoms with Crippen LogP contribution in [0.4, 0.5) is 5.69 Å². The first-order chi connectivity index (χ1) is 12.3. The van der Waals surface area contributed by atoms with Gasteiger partial charge in [-0.15, -0.1) is 0 Å². The second-order valence-electron chi connectivity index (χ2n) is 5.92. The number of carbonyl (C=O) groups excluding carboxylic acids is 2. The molecule has 0 aliphatic carbocycles. The topological polar surface area (TPSA) is 79.5 Å². The zero-order chi connectivity index (χ0) is 19.1. The normalized spacial score (nSPS) is 11.4. The Morgan fingerprint density at radius 3 is 2.42 bits per heavy atom. The van der Waals surface area contributed by atoms with Crippen molar-refractivity contribution in [3.05, 3.63) is 58.1 Å². The number of hydrazine groups is 1. The first-order valence-corrected chi connectivity index (χ1v) is 8.96. The van der Waals surface area contributed by atoms with Gasteiger partial charge >= 0.3 is 0 Å². The van der Waals surface area contributed by atoms with Crippen molar-refractivity contribution in [2.45, 2.75) is 26.9 Å². The molecule has 26 heavy (non-hydrogen) atoms. The van der Waals surface area contributed by atoms with Crippen LogP contribution in [0.1, 0.15) is 18.1 Å². The van der Waals surface area contributed by atoms with Crippen LogP contribution in [0.15, 0.2) is 46.9 Å². The van der Waals surface area contributed by atoms with Gasteiger partial charge in [0.25, 0.3) is 11.8 Å². The Hall–Kier alpha value is -2.54. The number of amides is 2. The summed E-state index contributed by atoms with van der Waals surface area (Å²) in [7, 11) is 0. The molecule has 0 radical (unpaired) electrons. The number of rotatable bonds is 6. The van der Waals surface area contributed by atoms with E-state index in [1.165, 1.54) is 0 Å². The minimum atomic E-state index is -0.747. The molecule has 2 rings (SSSR count).